The molecule has 1 aromatic carbocycles. The lowest BCUT2D eigenvalue weighted by atomic mass is 9.76. The molecule has 0 spiro atoms. The van der Waals surface area contributed by atoms with Gasteiger partial charge in [-0.2, -0.15) is 0 Å². The number of hydrogen-bond acceptors (Lipinski definition) is 1. The number of nitrogens with one attached hydrogen (secondary N) is 1. The van der Waals surface area contributed by atoms with Gasteiger partial charge in [-0.25, -0.2) is 8.78 Å². The molecular weight excluding hydrogens is 256 g/mol. The number of rotatable bonds is 8. The molecule has 0 aliphatic rings. The quantitative estimate of drug-likeness (QED) is 0.737. The Morgan fingerprint density at radius 3 is 2.25 bits per heavy atom. The van der Waals surface area contributed by atoms with Crippen LogP contribution < -0.4 is 5.32 Å². The molecule has 3 heteroatoms. The monoisotopic (exact) mass is 283 g/mol. The summed E-state index contributed by atoms with van der Waals surface area (Å²) >= 11 is 0. The van der Waals surface area contributed by atoms with Gasteiger partial charge in [0.1, 0.15) is 0 Å². The Balaban J connectivity index is 2.76. The van der Waals surface area contributed by atoms with Crippen LogP contribution in [0.2, 0.25) is 0 Å². The van der Waals surface area contributed by atoms with Crippen molar-refractivity contribution in [3.05, 3.63) is 35.4 Å². The minimum absolute atomic E-state index is 0.110. The number of halogens is 2. The van der Waals surface area contributed by atoms with E-state index in [0.717, 1.165) is 37.9 Å². The fraction of sp³-hybridized carbons (Fsp3) is 0.647. The van der Waals surface area contributed by atoms with E-state index in [1.54, 1.807) is 6.07 Å². The van der Waals surface area contributed by atoms with Crippen LogP contribution in [0.5, 0.6) is 0 Å². The summed E-state index contributed by atoms with van der Waals surface area (Å²) in [7, 11) is 0. The molecule has 0 unspecified atom stereocenters. The van der Waals surface area contributed by atoms with Crippen molar-refractivity contribution >= 4 is 0 Å². The van der Waals surface area contributed by atoms with E-state index in [2.05, 4.69) is 33.0 Å². The van der Waals surface area contributed by atoms with Crippen molar-refractivity contribution in [3.8, 4) is 0 Å². The van der Waals surface area contributed by atoms with Crippen LogP contribution in [-0.2, 0) is 6.42 Å². The highest BCUT2D eigenvalue weighted by Crippen LogP contribution is 2.30. The van der Waals surface area contributed by atoms with Crippen LogP contribution in [0, 0.1) is 23.0 Å². The van der Waals surface area contributed by atoms with E-state index in [-0.39, 0.29) is 5.41 Å². The van der Waals surface area contributed by atoms with Crippen molar-refractivity contribution < 1.29 is 8.78 Å². The zero-order valence-electron chi connectivity index (χ0n) is 13.1. The second kappa shape index (κ2) is 7.72. The van der Waals surface area contributed by atoms with Gasteiger partial charge < -0.3 is 5.32 Å². The lowest BCUT2D eigenvalue weighted by Gasteiger charge is -2.32. The van der Waals surface area contributed by atoms with Gasteiger partial charge in [0.05, 0.1) is 0 Å². The van der Waals surface area contributed by atoms with Crippen LogP contribution in [0.4, 0.5) is 8.78 Å². The highest BCUT2D eigenvalue weighted by molar-refractivity contribution is 5.19. The summed E-state index contributed by atoms with van der Waals surface area (Å²) in [5.41, 5.74) is 0.984. The fourth-order valence-corrected chi connectivity index (χ4v) is 2.52. The minimum atomic E-state index is -0.773. The summed E-state index contributed by atoms with van der Waals surface area (Å²) in [6, 6.07) is 4.25. The third-order valence-corrected chi connectivity index (χ3v) is 4.12. The molecule has 1 nitrogen and oxygen atoms in total. The largest absolute Gasteiger partial charge is 0.316 e. The van der Waals surface area contributed by atoms with Gasteiger partial charge >= 0.3 is 0 Å². The van der Waals surface area contributed by atoms with Crippen molar-refractivity contribution in [3.63, 3.8) is 0 Å². The van der Waals surface area contributed by atoms with Gasteiger partial charge in [-0.15, -0.1) is 0 Å². The Labute approximate surface area is 121 Å². The average molecular weight is 283 g/mol. The summed E-state index contributed by atoms with van der Waals surface area (Å²) < 4.78 is 26.3. The standard InChI is InChI=1S/C17H27F2N/c1-5-17(6-2,12-20-11-13(3)4)10-14-7-8-15(18)16(19)9-14/h7-9,13,20H,5-6,10-12H2,1-4H3. The molecular formula is C17H27F2N. The van der Waals surface area contributed by atoms with Crippen LogP contribution in [0.1, 0.15) is 46.1 Å². The molecule has 0 radical (unpaired) electrons. The smallest absolute Gasteiger partial charge is 0.159 e. The van der Waals surface area contributed by atoms with E-state index in [4.69, 9.17) is 0 Å². The van der Waals surface area contributed by atoms with E-state index >= 15 is 0 Å². The fourth-order valence-electron chi connectivity index (χ4n) is 2.52. The zero-order valence-corrected chi connectivity index (χ0v) is 13.1. The van der Waals surface area contributed by atoms with Gasteiger partial charge in [0.2, 0.25) is 0 Å². The molecule has 20 heavy (non-hydrogen) atoms. The highest BCUT2D eigenvalue weighted by Gasteiger charge is 2.26. The SMILES string of the molecule is CCC(CC)(CNCC(C)C)Cc1ccc(F)c(F)c1. The van der Waals surface area contributed by atoms with Crippen molar-refractivity contribution in [2.75, 3.05) is 13.1 Å². The summed E-state index contributed by atoms with van der Waals surface area (Å²) in [5, 5.41) is 3.51. The van der Waals surface area contributed by atoms with Crippen molar-refractivity contribution in [1.29, 1.82) is 0 Å². The molecule has 0 atom stereocenters. The van der Waals surface area contributed by atoms with Crippen LogP contribution >= 0.6 is 0 Å². The number of hydrogen-bond donors (Lipinski definition) is 1. The molecule has 0 aliphatic heterocycles. The van der Waals surface area contributed by atoms with Crippen molar-refractivity contribution in [1.82, 2.24) is 5.32 Å². The second-order valence-corrected chi connectivity index (χ2v) is 6.16. The highest BCUT2D eigenvalue weighted by atomic mass is 19.2. The average Bonchev–Trinajstić information content (AvgIpc) is 2.41. The second-order valence-electron chi connectivity index (χ2n) is 6.16. The Morgan fingerprint density at radius 2 is 1.75 bits per heavy atom. The Kier molecular flexibility index (Phi) is 6.60. The maximum absolute atomic E-state index is 13.3. The minimum Gasteiger partial charge on any atom is -0.316 e. The normalized spacial score (nSPS) is 12.2. The van der Waals surface area contributed by atoms with Gasteiger partial charge in [0.15, 0.2) is 11.6 Å². The topological polar surface area (TPSA) is 12.0 Å². The molecule has 0 saturated heterocycles. The lowest BCUT2D eigenvalue weighted by Crippen LogP contribution is -2.37. The first-order valence-electron chi connectivity index (χ1n) is 7.57. The van der Waals surface area contributed by atoms with Crippen molar-refractivity contribution in [2.24, 2.45) is 11.3 Å². The predicted molar refractivity (Wildman–Crippen MR) is 80.8 cm³/mol. The van der Waals surface area contributed by atoms with Gasteiger partial charge in [-0.3, -0.25) is 0 Å². The first kappa shape index (κ1) is 17.1. The predicted octanol–water partition coefficient (Wildman–Crippen LogP) is 4.56. The van der Waals surface area contributed by atoms with Crippen LogP contribution in [0.15, 0.2) is 18.2 Å². The summed E-state index contributed by atoms with van der Waals surface area (Å²) in [5.74, 6) is -0.909. The van der Waals surface area contributed by atoms with Crippen LogP contribution in [0.3, 0.4) is 0 Å². The molecule has 0 saturated carbocycles. The summed E-state index contributed by atoms with van der Waals surface area (Å²) in [4.78, 5) is 0. The first-order chi connectivity index (χ1) is 9.42. The molecule has 1 rings (SSSR count). The molecule has 1 N–H and O–H groups in total. The van der Waals surface area contributed by atoms with E-state index in [0.29, 0.717) is 5.92 Å². The van der Waals surface area contributed by atoms with Crippen molar-refractivity contribution in [2.45, 2.75) is 47.0 Å². The van der Waals surface area contributed by atoms with E-state index in [1.165, 1.54) is 12.1 Å². The summed E-state index contributed by atoms with van der Waals surface area (Å²) in [6.07, 6.45) is 2.82. The van der Waals surface area contributed by atoms with E-state index < -0.39 is 11.6 Å². The molecule has 0 fully saturated rings. The zero-order chi connectivity index (χ0) is 15.2. The Morgan fingerprint density at radius 1 is 1.10 bits per heavy atom. The third-order valence-electron chi connectivity index (χ3n) is 4.12. The molecule has 1 aromatic rings. The molecule has 0 heterocycles. The van der Waals surface area contributed by atoms with E-state index in [9.17, 15) is 8.78 Å². The van der Waals surface area contributed by atoms with Crippen LogP contribution in [0.25, 0.3) is 0 Å². The first-order valence-corrected chi connectivity index (χ1v) is 7.57. The third kappa shape index (κ3) is 4.86. The van der Waals surface area contributed by atoms with Crippen LogP contribution in [-0.4, -0.2) is 13.1 Å². The Hall–Kier alpha value is -0.960. The lowest BCUT2D eigenvalue weighted by molar-refractivity contribution is 0.242. The van der Waals surface area contributed by atoms with Gasteiger partial charge in [-0.05, 0) is 54.8 Å². The number of benzene rings is 1. The molecule has 0 amide bonds. The maximum Gasteiger partial charge on any atom is 0.159 e. The molecule has 0 aliphatic carbocycles. The van der Waals surface area contributed by atoms with Gasteiger partial charge in [-0.1, -0.05) is 33.8 Å². The van der Waals surface area contributed by atoms with Gasteiger partial charge in [0.25, 0.3) is 0 Å². The maximum atomic E-state index is 13.3. The van der Waals surface area contributed by atoms with E-state index in [1.807, 2.05) is 0 Å². The molecule has 0 aromatic heterocycles. The molecule has 0 bridgehead atoms. The Bertz CT molecular complexity index is 411. The summed E-state index contributed by atoms with van der Waals surface area (Å²) in [6.45, 7) is 10.6. The molecule has 114 valence electrons. The van der Waals surface area contributed by atoms with Gasteiger partial charge in [0, 0.05) is 6.54 Å².